The van der Waals surface area contributed by atoms with Crippen molar-refractivity contribution in [2.75, 3.05) is 45.2 Å². The lowest BCUT2D eigenvalue weighted by Crippen LogP contribution is -2.37. The summed E-state index contributed by atoms with van der Waals surface area (Å²) in [6.07, 6.45) is 0. The van der Waals surface area contributed by atoms with Crippen LogP contribution in [0.1, 0.15) is 0 Å². The van der Waals surface area contributed by atoms with Gasteiger partial charge in [0.15, 0.2) is 0 Å². The zero-order chi connectivity index (χ0) is 17.2. The van der Waals surface area contributed by atoms with E-state index in [2.05, 4.69) is 9.80 Å². The van der Waals surface area contributed by atoms with Gasteiger partial charge in [0.1, 0.15) is 12.4 Å². The minimum atomic E-state index is -3.52. The molecule has 1 heterocycles. The van der Waals surface area contributed by atoms with E-state index >= 15 is 0 Å². The number of nitrogens with zero attached hydrogens (tertiary/aromatic N) is 2. The van der Waals surface area contributed by atoms with Crippen molar-refractivity contribution < 1.29 is 13.2 Å². The molecular weight excluding hydrogens is 324 g/mol. The molecule has 0 amide bonds. The second-order valence-corrected chi connectivity index (χ2v) is 8.03. The van der Waals surface area contributed by atoms with Crippen LogP contribution in [-0.2, 0) is 9.84 Å². The number of anilines is 1. The van der Waals surface area contributed by atoms with Crippen LogP contribution in [0.4, 0.5) is 5.69 Å². The van der Waals surface area contributed by atoms with Crippen LogP contribution in [-0.4, -0.2) is 53.7 Å². The third-order valence-electron chi connectivity index (χ3n) is 4.07. The number of hydrogen-bond donors (Lipinski definition) is 0. The monoisotopic (exact) mass is 346 g/mol. The lowest BCUT2D eigenvalue weighted by molar-refractivity contribution is 0.302. The number of sulfone groups is 1. The number of benzene rings is 2. The van der Waals surface area contributed by atoms with Crippen LogP contribution in [0.2, 0.25) is 0 Å². The lowest BCUT2D eigenvalue weighted by atomic mass is 10.2. The van der Waals surface area contributed by atoms with Crippen LogP contribution < -0.4 is 9.64 Å². The van der Waals surface area contributed by atoms with E-state index in [4.69, 9.17) is 4.74 Å². The van der Waals surface area contributed by atoms with Crippen molar-refractivity contribution in [3.63, 3.8) is 0 Å². The fourth-order valence-electron chi connectivity index (χ4n) is 2.71. The quantitative estimate of drug-likeness (QED) is 0.831. The van der Waals surface area contributed by atoms with Crippen LogP contribution in [0.15, 0.2) is 58.3 Å². The minimum Gasteiger partial charge on any atom is -0.490 e. The predicted octanol–water partition coefficient (Wildman–Crippen LogP) is 2.28. The summed E-state index contributed by atoms with van der Waals surface area (Å²) in [5, 5.41) is 0. The van der Waals surface area contributed by atoms with E-state index in [0.717, 1.165) is 25.3 Å². The number of fused-ring (bicyclic) bond motifs is 1. The minimum absolute atomic E-state index is 0.266. The third-order valence-corrected chi connectivity index (χ3v) is 5.84. The Labute approximate surface area is 143 Å². The van der Waals surface area contributed by atoms with Crippen molar-refractivity contribution in [1.29, 1.82) is 0 Å². The van der Waals surface area contributed by atoms with Gasteiger partial charge in [-0.15, -0.1) is 0 Å². The Kier molecular flexibility index (Phi) is 4.78. The van der Waals surface area contributed by atoms with Gasteiger partial charge in [-0.1, -0.05) is 18.2 Å². The molecule has 0 saturated carbocycles. The van der Waals surface area contributed by atoms with E-state index in [1.807, 2.05) is 20.2 Å². The van der Waals surface area contributed by atoms with Gasteiger partial charge in [0.05, 0.1) is 22.0 Å². The number of likely N-dealkylation sites (N-methyl/N-ethyl adjacent to an activating group) is 1. The lowest BCUT2D eigenvalue weighted by Gasteiger charge is -2.32. The number of ether oxygens (including phenoxy) is 1. The van der Waals surface area contributed by atoms with E-state index in [0.29, 0.717) is 17.3 Å². The maximum absolute atomic E-state index is 12.7. The molecule has 0 unspecified atom stereocenters. The topological polar surface area (TPSA) is 49.9 Å². The highest BCUT2D eigenvalue weighted by atomic mass is 32.2. The Hall–Kier alpha value is -2.05. The normalized spacial score (nSPS) is 14.4. The fraction of sp³-hybridized carbons (Fsp3) is 0.333. The Morgan fingerprint density at radius 3 is 2.54 bits per heavy atom. The molecule has 0 spiro atoms. The van der Waals surface area contributed by atoms with Crippen LogP contribution >= 0.6 is 0 Å². The average Bonchev–Trinajstić information content (AvgIpc) is 2.60. The Bertz CT molecular complexity index is 804. The molecule has 24 heavy (non-hydrogen) atoms. The average molecular weight is 346 g/mol. The van der Waals surface area contributed by atoms with Crippen LogP contribution in [0.5, 0.6) is 5.75 Å². The van der Waals surface area contributed by atoms with Gasteiger partial charge in [-0.05, 0) is 38.4 Å². The first-order chi connectivity index (χ1) is 11.5. The molecule has 0 bridgehead atoms. The smallest absolute Gasteiger partial charge is 0.206 e. The molecule has 0 N–H and O–H groups in total. The van der Waals surface area contributed by atoms with Gasteiger partial charge in [0.2, 0.25) is 9.84 Å². The molecule has 2 aromatic rings. The third kappa shape index (κ3) is 3.39. The van der Waals surface area contributed by atoms with E-state index in [-0.39, 0.29) is 4.90 Å². The molecule has 0 aromatic heterocycles. The summed E-state index contributed by atoms with van der Waals surface area (Å²) in [5.41, 5.74) is 0.954. The first-order valence-corrected chi connectivity index (χ1v) is 9.43. The second kappa shape index (κ2) is 6.83. The summed E-state index contributed by atoms with van der Waals surface area (Å²) in [7, 11) is 0.555. The molecule has 0 aliphatic carbocycles. The summed E-state index contributed by atoms with van der Waals surface area (Å²) in [6, 6.07) is 13.6. The largest absolute Gasteiger partial charge is 0.490 e. The van der Waals surface area contributed by atoms with E-state index < -0.39 is 9.84 Å². The highest BCUT2D eigenvalue weighted by Gasteiger charge is 2.23. The Morgan fingerprint density at radius 2 is 1.83 bits per heavy atom. The zero-order valence-corrected chi connectivity index (χ0v) is 14.8. The van der Waals surface area contributed by atoms with Crippen molar-refractivity contribution >= 4 is 15.5 Å². The Balaban J connectivity index is 1.91. The molecule has 0 atom stereocenters. The van der Waals surface area contributed by atoms with Crippen molar-refractivity contribution in [3.05, 3.63) is 48.5 Å². The molecule has 0 radical (unpaired) electrons. The van der Waals surface area contributed by atoms with E-state index in [1.54, 1.807) is 42.5 Å². The van der Waals surface area contributed by atoms with Gasteiger partial charge < -0.3 is 14.5 Å². The van der Waals surface area contributed by atoms with Crippen LogP contribution in [0.25, 0.3) is 0 Å². The van der Waals surface area contributed by atoms with Crippen molar-refractivity contribution in [1.82, 2.24) is 4.90 Å². The summed E-state index contributed by atoms with van der Waals surface area (Å²) in [6.45, 7) is 3.19. The van der Waals surface area contributed by atoms with Gasteiger partial charge >= 0.3 is 0 Å². The highest BCUT2D eigenvalue weighted by Crippen LogP contribution is 2.35. The summed E-state index contributed by atoms with van der Waals surface area (Å²) in [4.78, 5) is 4.92. The summed E-state index contributed by atoms with van der Waals surface area (Å²) in [5.74, 6) is 0.636. The molecular formula is C18H22N2O3S. The molecule has 3 rings (SSSR count). The maximum atomic E-state index is 12.7. The number of rotatable bonds is 5. The molecule has 5 nitrogen and oxygen atoms in total. The standard InChI is InChI=1S/C18H22N2O3S/c1-19(2)10-11-20-12-13-23-18-14-16(8-9-17(18)20)24(21,22)15-6-4-3-5-7-15/h3-9,14H,10-13H2,1-2H3. The van der Waals surface area contributed by atoms with Gasteiger partial charge in [-0.3, -0.25) is 0 Å². The first kappa shape index (κ1) is 16.8. The fourth-order valence-corrected chi connectivity index (χ4v) is 4.01. The summed E-state index contributed by atoms with van der Waals surface area (Å²) >= 11 is 0. The van der Waals surface area contributed by atoms with Gasteiger partial charge in [0, 0.05) is 19.2 Å². The SMILES string of the molecule is CN(C)CCN1CCOc2cc(S(=O)(=O)c3ccccc3)ccc21. The van der Waals surface area contributed by atoms with Gasteiger partial charge in [0.25, 0.3) is 0 Å². The number of hydrogen-bond acceptors (Lipinski definition) is 5. The molecule has 128 valence electrons. The van der Waals surface area contributed by atoms with Gasteiger partial charge in [-0.25, -0.2) is 8.42 Å². The predicted molar refractivity (Wildman–Crippen MR) is 94.6 cm³/mol. The second-order valence-electron chi connectivity index (χ2n) is 6.08. The highest BCUT2D eigenvalue weighted by molar-refractivity contribution is 7.91. The zero-order valence-electron chi connectivity index (χ0n) is 14.0. The molecule has 1 aliphatic rings. The molecule has 0 fully saturated rings. The van der Waals surface area contributed by atoms with E-state index in [9.17, 15) is 8.42 Å². The summed E-state index contributed by atoms with van der Waals surface area (Å²) < 4.78 is 31.2. The molecule has 0 saturated heterocycles. The first-order valence-electron chi connectivity index (χ1n) is 7.95. The molecule has 6 heteroatoms. The van der Waals surface area contributed by atoms with Crippen LogP contribution in [0.3, 0.4) is 0 Å². The van der Waals surface area contributed by atoms with Crippen molar-refractivity contribution in [2.24, 2.45) is 0 Å². The van der Waals surface area contributed by atoms with E-state index in [1.165, 1.54) is 0 Å². The molecule has 2 aromatic carbocycles. The van der Waals surface area contributed by atoms with Gasteiger partial charge in [-0.2, -0.15) is 0 Å². The maximum Gasteiger partial charge on any atom is 0.206 e. The van der Waals surface area contributed by atoms with Crippen molar-refractivity contribution in [3.8, 4) is 5.75 Å². The van der Waals surface area contributed by atoms with Crippen LogP contribution in [0, 0.1) is 0 Å². The Morgan fingerprint density at radius 1 is 1.08 bits per heavy atom. The van der Waals surface area contributed by atoms with Crippen molar-refractivity contribution in [2.45, 2.75) is 9.79 Å². The molecule has 1 aliphatic heterocycles.